The smallest absolute Gasteiger partial charge is 0.294 e. The van der Waals surface area contributed by atoms with Gasteiger partial charge in [-0.3, -0.25) is 20.1 Å². The van der Waals surface area contributed by atoms with Crippen LogP contribution in [0.3, 0.4) is 0 Å². The molecule has 1 aliphatic heterocycles. The fourth-order valence-corrected chi connectivity index (χ4v) is 7.80. The minimum atomic E-state index is -0.505. The fourth-order valence-electron chi connectivity index (χ4n) is 6.30. The molecule has 2 N–H and O–H groups in total. The molecule has 43 heavy (non-hydrogen) atoms. The zero-order valence-corrected chi connectivity index (χ0v) is 27.2. The van der Waals surface area contributed by atoms with Gasteiger partial charge in [0.25, 0.3) is 5.69 Å². The average molecular weight is 665 g/mol. The van der Waals surface area contributed by atoms with Crippen LogP contribution >= 0.6 is 23.9 Å². The Morgan fingerprint density at radius 2 is 1.81 bits per heavy atom. The summed E-state index contributed by atoms with van der Waals surface area (Å²) in [5.41, 5.74) is 4.30. The van der Waals surface area contributed by atoms with Crippen molar-refractivity contribution < 1.29 is 4.92 Å². The Kier molecular flexibility index (Phi) is 8.19. The Morgan fingerprint density at radius 1 is 1.07 bits per heavy atom. The van der Waals surface area contributed by atoms with E-state index in [1.807, 2.05) is 24.3 Å². The highest BCUT2D eigenvalue weighted by Crippen LogP contribution is 2.51. The van der Waals surface area contributed by atoms with E-state index in [-0.39, 0.29) is 10.6 Å². The van der Waals surface area contributed by atoms with Crippen LogP contribution in [0, 0.1) is 15.5 Å². The van der Waals surface area contributed by atoms with E-state index in [9.17, 15) is 10.1 Å². The van der Waals surface area contributed by atoms with Crippen molar-refractivity contribution in [2.24, 2.45) is 5.41 Å². The first-order valence-corrected chi connectivity index (χ1v) is 17.3. The molecule has 1 saturated carbocycles. The molecular formula is C30H35BrN9O2P. The van der Waals surface area contributed by atoms with Gasteiger partial charge in [-0.15, -0.1) is 0 Å². The average Bonchev–Trinajstić information content (AvgIpc) is 2.97. The van der Waals surface area contributed by atoms with Crippen LogP contribution in [-0.4, -0.2) is 76.3 Å². The molecule has 0 amide bonds. The zero-order valence-electron chi connectivity index (χ0n) is 24.7. The van der Waals surface area contributed by atoms with E-state index in [1.165, 1.54) is 12.8 Å². The number of hydrogen-bond donors (Lipinski definition) is 2. The second-order valence-electron chi connectivity index (χ2n) is 11.9. The Morgan fingerprint density at radius 3 is 2.51 bits per heavy atom. The molecule has 11 nitrogen and oxygen atoms in total. The third kappa shape index (κ3) is 6.01. The van der Waals surface area contributed by atoms with Gasteiger partial charge in [0.2, 0.25) is 5.95 Å². The highest BCUT2D eigenvalue weighted by atomic mass is 79.9. The summed E-state index contributed by atoms with van der Waals surface area (Å²) in [7, 11) is 3.78. The van der Waals surface area contributed by atoms with Crippen LogP contribution < -0.4 is 20.8 Å². The maximum atomic E-state index is 12.2. The second kappa shape index (κ2) is 11.9. The summed E-state index contributed by atoms with van der Waals surface area (Å²) >= 11 is 3.56. The lowest BCUT2D eigenvalue weighted by Gasteiger charge is -2.54. The molecule has 4 aromatic rings. The molecule has 0 unspecified atom stereocenters. The van der Waals surface area contributed by atoms with E-state index in [0.29, 0.717) is 39.1 Å². The van der Waals surface area contributed by atoms with Crippen LogP contribution in [0.15, 0.2) is 53.4 Å². The monoisotopic (exact) mass is 663 g/mol. The van der Waals surface area contributed by atoms with E-state index in [0.717, 1.165) is 48.0 Å². The standard InChI is InChI=1S/C30H35BrN9O2P/c1-38(2)20-16-30(17-20)9-13-39(14-10-30)24-8-5-19(15-25(24)40(41)42)35-29-34-18-21(31)28(37-29)36-23-7-6-22-26(27(23)43(3)4)33-12-11-32-22/h5-8,11-12,15,18,20H,9-10,13-14,16-17H2,1-4H3,(H2,34,35,36,37). The minimum Gasteiger partial charge on any atom is -0.366 e. The summed E-state index contributed by atoms with van der Waals surface area (Å²) in [5.74, 6) is 0.894. The van der Waals surface area contributed by atoms with Crippen molar-refractivity contribution in [1.29, 1.82) is 0 Å². The van der Waals surface area contributed by atoms with E-state index in [1.54, 1.807) is 24.7 Å². The number of nitrogens with zero attached hydrogens (tertiary/aromatic N) is 7. The normalized spacial score (nSPS) is 16.6. The first kappa shape index (κ1) is 29.6. The lowest BCUT2D eigenvalue weighted by molar-refractivity contribution is -0.384. The maximum absolute atomic E-state index is 12.2. The topological polar surface area (TPSA) is 125 Å². The highest BCUT2D eigenvalue weighted by molar-refractivity contribution is 9.10. The molecule has 224 valence electrons. The lowest BCUT2D eigenvalue weighted by Crippen LogP contribution is -2.53. The predicted molar refractivity (Wildman–Crippen MR) is 178 cm³/mol. The first-order valence-electron chi connectivity index (χ1n) is 14.3. The molecule has 0 bridgehead atoms. The van der Waals surface area contributed by atoms with E-state index < -0.39 is 7.92 Å². The van der Waals surface area contributed by atoms with Gasteiger partial charge in [0, 0.05) is 60.5 Å². The Bertz CT molecular complexity index is 1670. The molecule has 1 spiro atoms. The summed E-state index contributed by atoms with van der Waals surface area (Å²) in [6.45, 7) is 6.02. The number of anilines is 5. The molecular weight excluding hydrogens is 629 g/mol. The van der Waals surface area contributed by atoms with Gasteiger partial charge in [0.15, 0.2) is 0 Å². The minimum absolute atomic E-state index is 0.0809. The van der Waals surface area contributed by atoms with Crippen molar-refractivity contribution in [3.05, 3.63) is 63.5 Å². The van der Waals surface area contributed by atoms with E-state index in [4.69, 9.17) is 0 Å². The van der Waals surface area contributed by atoms with Gasteiger partial charge in [-0.05, 0) is 98.7 Å². The van der Waals surface area contributed by atoms with Gasteiger partial charge >= 0.3 is 0 Å². The van der Waals surface area contributed by atoms with Crippen LogP contribution in [-0.2, 0) is 0 Å². The van der Waals surface area contributed by atoms with Gasteiger partial charge in [-0.1, -0.05) is 7.92 Å². The summed E-state index contributed by atoms with van der Waals surface area (Å²) in [4.78, 5) is 34.5. The van der Waals surface area contributed by atoms with Crippen LogP contribution in [0.5, 0.6) is 0 Å². The number of nitrogens with one attached hydrogen (secondary N) is 2. The molecule has 3 heterocycles. The van der Waals surface area contributed by atoms with Crippen LogP contribution in [0.1, 0.15) is 25.7 Å². The van der Waals surface area contributed by atoms with Crippen LogP contribution in [0.2, 0.25) is 0 Å². The molecule has 1 saturated heterocycles. The summed E-state index contributed by atoms with van der Waals surface area (Å²) in [6, 6.07) is 9.86. The van der Waals surface area contributed by atoms with Gasteiger partial charge in [0.05, 0.1) is 20.4 Å². The molecule has 2 fully saturated rings. The molecule has 2 aromatic heterocycles. The van der Waals surface area contributed by atoms with Crippen molar-refractivity contribution in [3.8, 4) is 0 Å². The van der Waals surface area contributed by atoms with E-state index in [2.05, 4.69) is 83.7 Å². The van der Waals surface area contributed by atoms with Gasteiger partial charge in [-0.2, -0.15) is 4.98 Å². The van der Waals surface area contributed by atoms with Crippen molar-refractivity contribution in [2.45, 2.75) is 31.7 Å². The number of fused-ring (bicyclic) bond motifs is 1. The van der Waals surface area contributed by atoms with Gasteiger partial charge in [-0.25, -0.2) is 4.98 Å². The molecule has 0 radical (unpaired) electrons. The number of hydrogen-bond acceptors (Lipinski definition) is 10. The number of nitro benzene ring substituents is 1. The summed E-state index contributed by atoms with van der Waals surface area (Å²) < 4.78 is 0.687. The number of piperidine rings is 1. The number of halogens is 1. The van der Waals surface area contributed by atoms with Crippen molar-refractivity contribution >= 4 is 74.7 Å². The molecule has 13 heteroatoms. The summed E-state index contributed by atoms with van der Waals surface area (Å²) in [6.07, 6.45) is 9.64. The number of nitro groups is 1. The maximum Gasteiger partial charge on any atom is 0.294 e. The molecule has 2 aliphatic rings. The Balaban J connectivity index is 1.20. The molecule has 6 rings (SSSR count). The number of rotatable bonds is 8. The SMILES string of the molecule is CN(C)C1CC2(CCN(c3ccc(Nc4ncc(Br)c(Nc5ccc6nccnc6c5P(C)C)n4)cc3[N+](=O)[O-])CC2)C1. The largest absolute Gasteiger partial charge is 0.366 e. The predicted octanol–water partition coefficient (Wildman–Crippen LogP) is 6.26. The van der Waals surface area contributed by atoms with E-state index >= 15 is 0 Å². The van der Waals surface area contributed by atoms with Crippen molar-refractivity contribution in [1.82, 2.24) is 24.8 Å². The Hall–Kier alpha value is -3.47. The first-order chi connectivity index (χ1) is 20.6. The van der Waals surface area contributed by atoms with Gasteiger partial charge in [0.1, 0.15) is 11.5 Å². The molecule has 0 atom stereocenters. The van der Waals surface area contributed by atoms with Crippen molar-refractivity contribution in [2.75, 3.05) is 56.0 Å². The summed E-state index contributed by atoms with van der Waals surface area (Å²) in [5, 5.41) is 19.9. The second-order valence-corrected chi connectivity index (χ2v) is 15.0. The Labute approximate surface area is 260 Å². The fraction of sp³-hybridized carbons (Fsp3) is 0.400. The quantitative estimate of drug-likeness (QED) is 0.127. The van der Waals surface area contributed by atoms with Crippen LogP contribution in [0.4, 0.5) is 34.5 Å². The van der Waals surface area contributed by atoms with Crippen LogP contribution in [0.25, 0.3) is 11.0 Å². The highest BCUT2D eigenvalue weighted by Gasteiger charge is 2.46. The molecule has 1 aliphatic carbocycles. The number of aromatic nitrogens is 4. The third-order valence-corrected chi connectivity index (χ3v) is 10.6. The molecule has 2 aromatic carbocycles. The number of benzene rings is 2. The zero-order chi connectivity index (χ0) is 30.3. The van der Waals surface area contributed by atoms with Crippen molar-refractivity contribution in [3.63, 3.8) is 0 Å². The lowest BCUT2D eigenvalue weighted by atomic mass is 9.60. The third-order valence-electron chi connectivity index (χ3n) is 8.72. The van der Waals surface area contributed by atoms with Gasteiger partial charge < -0.3 is 20.4 Å².